The lowest BCUT2D eigenvalue weighted by Crippen LogP contribution is -2.42. The number of aliphatic imine (C=N–C) groups is 1. The fourth-order valence-corrected chi connectivity index (χ4v) is 3.90. The van der Waals surface area contributed by atoms with E-state index in [1.54, 1.807) is 0 Å². The Bertz CT molecular complexity index is 335. The summed E-state index contributed by atoms with van der Waals surface area (Å²) < 4.78 is 11.0. The number of guanidine groups is 1. The minimum atomic E-state index is 0. The van der Waals surface area contributed by atoms with Gasteiger partial charge in [0.2, 0.25) is 0 Å². The first-order chi connectivity index (χ1) is 11.8. The number of halogens is 1. The zero-order valence-electron chi connectivity index (χ0n) is 16.2. The van der Waals surface area contributed by atoms with Crippen LogP contribution in [0.15, 0.2) is 4.99 Å². The zero-order chi connectivity index (χ0) is 17.5. The lowest BCUT2D eigenvalue weighted by atomic mass is 10.2. The van der Waals surface area contributed by atoms with E-state index in [9.17, 15) is 0 Å². The van der Waals surface area contributed by atoms with Crippen molar-refractivity contribution in [2.75, 3.05) is 45.3 Å². The Balaban J connectivity index is 0.00000576. The molecule has 0 spiro atoms. The molecule has 0 aromatic heterocycles. The van der Waals surface area contributed by atoms with Crippen LogP contribution in [-0.2, 0) is 9.47 Å². The fraction of sp³-hybridized carbons (Fsp3) is 0.944. The number of rotatable bonds is 13. The van der Waals surface area contributed by atoms with Gasteiger partial charge in [-0.1, -0.05) is 20.3 Å². The highest BCUT2D eigenvalue weighted by Crippen LogP contribution is 2.29. The summed E-state index contributed by atoms with van der Waals surface area (Å²) in [6.45, 7) is 10.9. The van der Waals surface area contributed by atoms with Crippen molar-refractivity contribution in [1.29, 1.82) is 0 Å². The van der Waals surface area contributed by atoms with Crippen LogP contribution in [-0.4, -0.2) is 62.5 Å². The molecule has 1 saturated carbocycles. The maximum absolute atomic E-state index is 5.57. The first kappa shape index (κ1) is 25.3. The van der Waals surface area contributed by atoms with Crippen LogP contribution in [0.2, 0.25) is 0 Å². The molecule has 0 radical (unpaired) electrons. The molecule has 2 atom stereocenters. The molecule has 7 heteroatoms. The van der Waals surface area contributed by atoms with Crippen molar-refractivity contribution in [3.05, 3.63) is 0 Å². The molecule has 0 aliphatic heterocycles. The Kier molecular flexibility index (Phi) is 17.9. The number of unbranched alkanes of at least 4 members (excludes halogenated alkanes) is 1. The van der Waals surface area contributed by atoms with E-state index < -0.39 is 0 Å². The summed E-state index contributed by atoms with van der Waals surface area (Å²) in [5.41, 5.74) is 0. The molecule has 150 valence electrons. The van der Waals surface area contributed by atoms with Crippen LogP contribution in [0.5, 0.6) is 0 Å². The minimum Gasteiger partial charge on any atom is -0.379 e. The quantitative estimate of drug-likeness (QED) is 0.180. The van der Waals surface area contributed by atoms with Crippen LogP contribution < -0.4 is 10.6 Å². The van der Waals surface area contributed by atoms with E-state index in [-0.39, 0.29) is 24.0 Å². The highest BCUT2D eigenvalue weighted by Gasteiger charge is 2.24. The van der Waals surface area contributed by atoms with Crippen LogP contribution in [0.1, 0.15) is 52.9 Å². The average Bonchev–Trinajstić information content (AvgIpc) is 3.01. The van der Waals surface area contributed by atoms with E-state index in [1.165, 1.54) is 31.4 Å². The molecule has 0 bridgehead atoms. The third-order valence-corrected chi connectivity index (χ3v) is 5.22. The minimum absolute atomic E-state index is 0. The third kappa shape index (κ3) is 13.1. The van der Waals surface area contributed by atoms with Crippen LogP contribution in [0, 0.1) is 0 Å². The van der Waals surface area contributed by atoms with Gasteiger partial charge >= 0.3 is 0 Å². The number of nitrogens with one attached hydrogen (secondary N) is 2. The SMILES string of the molecule is CCCCOCCOCCN=C(NCC)NC1CCC(SCC)C1.I. The van der Waals surface area contributed by atoms with Gasteiger partial charge in [-0.3, -0.25) is 4.99 Å². The van der Waals surface area contributed by atoms with Gasteiger partial charge in [0.1, 0.15) is 0 Å². The summed E-state index contributed by atoms with van der Waals surface area (Å²) in [7, 11) is 0. The fourth-order valence-electron chi connectivity index (χ4n) is 2.76. The number of hydrogen-bond acceptors (Lipinski definition) is 4. The largest absolute Gasteiger partial charge is 0.379 e. The number of thioether (sulfide) groups is 1. The lowest BCUT2D eigenvalue weighted by Gasteiger charge is -2.17. The summed E-state index contributed by atoms with van der Waals surface area (Å²) in [5.74, 6) is 2.14. The first-order valence-corrected chi connectivity index (χ1v) is 10.7. The molecule has 0 aromatic carbocycles. The summed E-state index contributed by atoms with van der Waals surface area (Å²) in [6, 6.07) is 0.555. The predicted octanol–water partition coefficient (Wildman–Crippen LogP) is 3.67. The number of ether oxygens (including phenoxy) is 2. The Hall–Kier alpha value is 0.270. The predicted molar refractivity (Wildman–Crippen MR) is 121 cm³/mol. The second-order valence-corrected chi connectivity index (χ2v) is 7.65. The molecule has 0 saturated heterocycles. The Morgan fingerprint density at radius 2 is 1.84 bits per heavy atom. The summed E-state index contributed by atoms with van der Waals surface area (Å²) in [6.07, 6.45) is 6.11. The van der Waals surface area contributed by atoms with Crippen LogP contribution in [0.25, 0.3) is 0 Å². The molecule has 5 nitrogen and oxygen atoms in total. The van der Waals surface area contributed by atoms with Gasteiger partial charge in [0.15, 0.2) is 5.96 Å². The van der Waals surface area contributed by atoms with Crippen molar-refractivity contribution >= 4 is 41.7 Å². The summed E-state index contributed by atoms with van der Waals surface area (Å²) in [5, 5.41) is 7.72. The van der Waals surface area contributed by atoms with Gasteiger partial charge in [-0.2, -0.15) is 11.8 Å². The number of hydrogen-bond donors (Lipinski definition) is 2. The van der Waals surface area contributed by atoms with Gasteiger partial charge in [-0.15, -0.1) is 24.0 Å². The summed E-state index contributed by atoms with van der Waals surface area (Å²) >= 11 is 2.08. The van der Waals surface area contributed by atoms with Gasteiger partial charge in [0, 0.05) is 24.4 Å². The maximum atomic E-state index is 5.57. The molecular weight excluding hydrogens is 449 g/mol. The molecular formula is C18H38IN3O2S. The van der Waals surface area contributed by atoms with Gasteiger partial charge in [-0.05, 0) is 38.4 Å². The van der Waals surface area contributed by atoms with E-state index in [4.69, 9.17) is 9.47 Å². The molecule has 25 heavy (non-hydrogen) atoms. The molecule has 1 aliphatic carbocycles. The van der Waals surface area contributed by atoms with Crippen LogP contribution in [0.3, 0.4) is 0 Å². The van der Waals surface area contributed by atoms with Gasteiger partial charge < -0.3 is 20.1 Å². The van der Waals surface area contributed by atoms with Crippen molar-refractivity contribution in [2.24, 2.45) is 4.99 Å². The van der Waals surface area contributed by atoms with Crippen LogP contribution >= 0.6 is 35.7 Å². The molecule has 0 amide bonds. The van der Waals surface area contributed by atoms with Crippen molar-refractivity contribution in [3.63, 3.8) is 0 Å². The molecule has 0 aromatic rings. The first-order valence-electron chi connectivity index (χ1n) is 9.62. The standard InChI is InChI=1S/C18H37N3O2S.HI/c1-4-7-11-22-13-14-23-12-10-20-18(19-5-2)21-16-8-9-17(15-16)24-6-3;/h16-17H,4-15H2,1-3H3,(H2,19,20,21);1H. The van der Waals surface area contributed by atoms with Crippen molar-refractivity contribution in [3.8, 4) is 0 Å². The lowest BCUT2D eigenvalue weighted by molar-refractivity contribution is 0.0497. The normalized spacial score (nSPS) is 20.4. The third-order valence-electron chi connectivity index (χ3n) is 3.99. The summed E-state index contributed by atoms with van der Waals surface area (Å²) in [4.78, 5) is 4.62. The van der Waals surface area contributed by atoms with E-state index in [0.29, 0.717) is 32.4 Å². The van der Waals surface area contributed by atoms with Gasteiger partial charge in [0.05, 0.1) is 26.4 Å². The molecule has 1 fully saturated rings. The Labute approximate surface area is 175 Å². The molecule has 1 aliphatic rings. The molecule has 2 unspecified atom stereocenters. The highest BCUT2D eigenvalue weighted by molar-refractivity contribution is 14.0. The van der Waals surface area contributed by atoms with E-state index in [0.717, 1.165) is 30.8 Å². The average molecular weight is 487 g/mol. The zero-order valence-corrected chi connectivity index (χ0v) is 19.4. The number of nitrogens with zero attached hydrogens (tertiary/aromatic N) is 1. The van der Waals surface area contributed by atoms with Crippen molar-refractivity contribution in [1.82, 2.24) is 10.6 Å². The van der Waals surface area contributed by atoms with Crippen LogP contribution in [0.4, 0.5) is 0 Å². The van der Waals surface area contributed by atoms with Crippen molar-refractivity contribution in [2.45, 2.75) is 64.2 Å². The van der Waals surface area contributed by atoms with Gasteiger partial charge in [0.25, 0.3) is 0 Å². The van der Waals surface area contributed by atoms with E-state index in [2.05, 4.69) is 48.2 Å². The topological polar surface area (TPSA) is 54.9 Å². The second-order valence-electron chi connectivity index (χ2n) is 6.07. The van der Waals surface area contributed by atoms with E-state index in [1.807, 2.05) is 0 Å². The molecule has 1 rings (SSSR count). The Morgan fingerprint density at radius 1 is 1.08 bits per heavy atom. The molecule has 0 heterocycles. The van der Waals surface area contributed by atoms with Gasteiger partial charge in [-0.25, -0.2) is 0 Å². The smallest absolute Gasteiger partial charge is 0.191 e. The Morgan fingerprint density at radius 3 is 2.52 bits per heavy atom. The maximum Gasteiger partial charge on any atom is 0.191 e. The monoisotopic (exact) mass is 487 g/mol. The second kappa shape index (κ2) is 17.7. The van der Waals surface area contributed by atoms with Crippen molar-refractivity contribution < 1.29 is 9.47 Å². The highest BCUT2D eigenvalue weighted by atomic mass is 127. The van der Waals surface area contributed by atoms with E-state index >= 15 is 0 Å². The molecule has 2 N–H and O–H groups in total.